The molecule has 0 unspecified atom stereocenters. The second kappa shape index (κ2) is 5.95. The van der Waals surface area contributed by atoms with Gasteiger partial charge in [-0.25, -0.2) is 0 Å². The number of piperazine rings is 1. The van der Waals surface area contributed by atoms with Crippen LogP contribution < -0.4 is 0 Å². The van der Waals surface area contributed by atoms with Crippen LogP contribution in [0.4, 0.5) is 0 Å². The summed E-state index contributed by atoms with van der Waals surface area (Å²) in [6, 6.07) is 6.77. The van der Waals surface area contributed by atoms with Gasteiger partial charge in [0, 0.05) is 51.5 Å². The van der Waals surface area contributed by atoms with Gasteiger partial charge in [-0.1, -0.05) is 13.0 Å². The minimum atomic E-state index is 0.734. The quantitative estimate of drug-likeness (QED) is 0.825. The highest BCUT2D eigenvalue weighted by molar-refractivity contribution is 5.36. The van der Waals surface area contributed by atoms with E-state index >= 15 is 0 Å². The first-order valence-corrected chi connectivity index (χ1v) is 8.31. The van der Waals surface area contributed by atoms with Crippen LogP contribution in [-0.4, -0.2) is 81.2 Å². The predicted molar refractivity (Wildman–Crippen MR) is 85.7 cm³/mol. The highest BCUT2D eigenvalue weighted by Crippen LogP contribution is 2.19. The molecule has 22 heavy (non-hydrogen) atoms. The molecule has 0 radical (unpaired) electrons. The average molecular weight is 300 g/mol. The van der Waals surface area contributed by atoms with E-state index in [0.29, 0.717) is 0 Å². The van der Waals surface area contributed by atoms with Crippen molar-refractivity contribution in [1.29, 1.82) is 0 Å². The molecule has 0 amide bonds. The third-order valence-electron chi connectivity index (χ3n) is 5.06. The lowest BCUT2D eigenvalue weighted by Gasteiger charge is -2.48. The van der Waals surface area contributed by atoms with E-state index < -0.39 is 0 Å². The molecule has 6 heteroatoms. The van der Waals surface area contributed by atoms with Crippen LogP contribution in [0, 0.1) is 0 Å². The minimum Gasteiger partial charge on any atom is -0.301 e. The van der Waals surface area contributed by atoms with Crippen molar-refractivity contribution in [3.63, 3.8) is 0 Å². The standard InChI is InChI=1S/C16H24N6/c1-2-19-7-9-21(10-8-19)14-11-20(12-14)13-16-18-17-15-5-3-4-6-22(15)16/h3-6,14H,2,7-13H2,1H3. The van der Waals surface area contributed by atoms with Crippen molar-refractivity contribution in [3.8, 4) is 0 Å². The van der Waals surface area contributed by atoms with Crippen molar-refractivity contribution in [1.82, 2.24) is 29.3 Å². The number of likely N-dealkylation sites (N-methyl/N-ethyl adjacent to an activating group) is 1. The third-order valence-corrected chi connectivity index (χ3v) is 5.06. The highest BCUT2D eigenvalue weighted by atomic mass is 15.4. The second-order valence-corrected chi connectivity index (χ2v) is 6.36. The highest BCUT2D eigenvalue weighted by Gasteiger charge is 2.33. The summed E-state index contributed by atoms with van der Waals surface area (Å²) in [6.07, 6.45) is 2.05. The zero-order valence-electron chi connectivity index (χ0n) is 13.2. The van der Waals surface area contributed by atoms with Gasteiger partial charge in [0.25, 0.3) is 0 Å². The molecule has 4 rings (SSSR count). The summed E-state index contributed by atoms with van der Waals surface area (Å²) in [6.45, 7) is 11.6. The Morgan fingerprint density at radius 1 is 1.05 bits per heavy atom. The van der Waals surface area contributed by atoms with Gasteiger partial charge in [0.05, 0.1) is 6.54 Å². The van der Waals surface area contributed by atoms with Crippen molar-refractivity contribution in [2.75, 3.05) is 45.8 Å². The number of likely N-dealkylation sites (tertiary alicyclic amines) is 1. The van der Waals surface area contributed by atoms with Gasteiger partial charge in [0.15, 0.2) is 11.5 Å². The first kappa shape index (κ1) is 14.1. The minimum absolute atomic E-state index is 0.734. The van der Waals surface area contributed by atoms with E-state index in [1.807, 2.05) is 24.4 Å². The molecular weight excluding hydrogens is 276 g/mol. The topological polar surface area (TPSA) is 39.9 Å². The van der Waals surface area contributed by atoms with Gasteiger partial charge < -0.3 is 4.90 Å². The summed E-state index contributed by atoms with van der Waals surface area (Å²) in [5.74, 6) is 1.05. The molecule has 0 aliphatic carbocycles. The lowest BCUT2D eigenvalue weighted by atomic mass is 10.1. The molecule has 2 fully saturated rings. The monoisotopic (exact) mass is 300 g/mol. The van der Waals surface area contributed by atoms with Crippen LogP contribution in [0.2, 0.25) is 0 Å². The summed E-state index contributed by atoms with van der Waals surface area (Å²) in [7, 11) is 0. The number of pyridine rings is 1. The summed E-state index contributed by atoms with van der Waals surface area (Å²) >= 11 is 0. The van der Waals surface area contributed by atoms with Gasteiger partial charge in [-0.15, -0.1) is 10.2 Å². The average Bonchev–Trinajstić information content (AvgIpc) is 2.94. The summed E-state index contributed by atoms with van der Waals surface area (Å²) in [5.41, 5.74) is 0.935. The lowest BCUT2D eigenvalue weighted by Crippen LogP contribution is -2.62. The fourth-order valence-corrected chi connectivity index (χ4v) is 3.55. The fourth-order valence-electron chi connectivity index (χ4n) is 3.55. The molecule has 6 nitrogen and oxygen atoms in total. The Morgan fingerprint density at radius 3 is 2.64 bits per heavy atom. The maximum absolute atomic E-state index is 4.33. The number of nitrogens with zero attached hydrogens (tertiary/aromatic N) is 6. The fraction of sp³-hybridized carbons (Fsp3) is 0.625. The summed E-state index contributed by atoms with van der Waals surface area (Å²) in [4.78, 5) is 7.67. The molecule has 2 aromatic rings. The van der Waals surface area contributed by atoms with Gasteiger partial charge >= 0.3 is 0 Å². The van der Waals surface area contributed by atoms with Crippen LogP contribution >= 0.6 is 0 Å². The van der Waals surface area contributed by atoms with Crippen molar-refractivity contribution in [3.05, 3.63) is 30.2 Å². The molecule has 118 valence electrons. The largest absolute Gasteiger partial charge is 0.301 e. The van der Waals surface area contributed by atoms with Crippen LogP contribution in [0.5, 0.6) is 0 Å². The Bertz CT molecular complexity index is 624. The Balaban J connectivity index is 1.31. The number of hydrogen-bond acceptors (Lipinski definition) is 5. The summed E-state index contributed by atoms with van der Waals surface area (Å²) in [5, 5.41) is 8.55. The van der Waals surface area contributed by atoms with E-state index in [9.17, 15) is 0 Å². The molecular formula is C16H24N6. The second-order valence-electron chi connectivity index (χ2n) is 6.36. The Kier molecular flexibility index (Phi) is 3.82. The van der Waals surface area contributed by atoms with Crippen molar-refractivity contribution in [2.45, 2.75) is 19.5 Å². The van der Waals surface area contributed by atoms with Gasteiger partial charge in [0.1, 0.15) is 0 Å². The smallest absolute Gasteiger partial charge is 0.160 e. The molecule has 2 saturated heterocycles. The lowest BCUT2D eigenvalue weighted by molar-refractivity contribution is 0.000856. The molecule has 0 bridgehead atoms. The number of aromatic nitrogens is 3. The van der Waals surface area contributed by atoms with Crippen molar-refractivity contribution in [2.24, 2.45) is 0 Å². The predicted octanol–water partition coefficient (Wildman–Crippen LogP) is 0.551. The first-order valence-electron chi connectivity index (χ1n) is 8.31. The van der Waals surface area contributed by atoms with Gasteiger partial charge in [0.2, 0.25) is 0 Å². The van der Waals surface area contributed by atoms with E-state index in [1.165, 1.54) is 32.7 Å². The zero-order chi connectivity index (χ0) is 14.9. The molecule has 0 atom stereocenters. The Labute approximate surface area is 131 Å². The molecule has 2 aliphatic heterocycles. The maximum Gasteiger partial charge on any atom is 0.160 e. The van der Waals surface area contributed by atoms with E-state index in [4.69, 9.17) is 0 Å². The molecule has 0 N–H and O–H groups in total. The molecule has 0 spiro atoms. The van der Waals surface area contributed by atoms with Crippen molar-refractivity contribution >= 4 is 5.65 Å². The van der Waals surface area contributed by atoms with Crippen LogP contribution in [0.25, 0.3) is 5.65 Å². The number of rotatable bonds is 4. The Hall–Kier alpha value is -1.50. The SMILES string of the molecule is CCN1CCN(C2CN(Cc3nnc4ccccn34)C2)CC1. The zero-order valence-corrected chi connectivity index (χ0v) is 13.2. The van der Waals surface area contributed by atoms with Gasteiger partial charge in [-0.05, 0) is 18.7 Å². The van der Waals surface area contributed by atoms with Crippen LogP contribution in [-0.2, 0) is 6.54 Å². The Morgan fingerprint density at radius 2 is 1.86 bits per heavy atom. The number of fused-ring (bicyclic) bond motifs is 1. The molecule has 0 aromatic carbocycles. The van der Waals surface area contributed by atoms with Crippen LogP contribution in [0.3, 0.4) is 0 Å². The van der Waals surface area contributed by atoms with Crippen molar-refractivity contribution < 1.29 is 0 Å². The molecule has 2 aromatic heterocycles. The van der Waals surface area contributed by atoms with Crippen LogP contribution in [0.15, 0.2) is 24.4 Å². The third kappa shape index (κ3) is 2.62. The van der Waals surface area contributed by atoms with E-state index in [1.54, 1.807) is 0 Å². The van der Waals surface area contributed by atoms with Crippen LogP contribution in [0.1, 0.15) is 12.7 Å². The van der Waals surface area contributed by atoms with E-state index in [-0.39, 0.29) is 0 Å². The molecule has 2 aliphatic rings. The van der Waals surface area contributed by atoms with Gasteiger partial charge in [-0.3, -0.25) is 14.2 Å². The normalized spacial score (nSPS) is 22.2. The van der Waals surface area contributed by atoms with E-state index in [0.717, 1.165) is 37.1 Å². The first-order chi connectivity index (χ1) is 10.8. The molecule has 0 saturated carbocycles. The number of hydrogen-bond donors (Lipinski definition) is 0. The molecule has 4 heterocycles. The summed E-state index contributed by atoms with van der Waals surface area (Å²) < 4.78 is 2.09. The maximum atomic E-state index is 4.33. The van der Waals surface area contributed by atoms with Gasteiger partial charge in [-0.2, -0.15) is 0 Å². The van der Waals surface area contributed by atoms with E-state index in [2.05, 4.69) is 36.2 Å².